The predicted octanol–water partition coefficient (Wildman–Crippen LogP) is 5.23. The lowest BCUT2D eigenvalue weighted by Gasteiger charge is -2.10. The second kappa shape index (κ2) is 5.69. The maximum absolute atomic E-state index is 6.20. The Labute approximate surface area is 148 Å². The van der Waals surface area contributed by atoms with Gasteiger partial charge >= 0.3 is 0 Å². The smallest absolute Gasteiger partial charge is 0.133 e. The average molecular weight is 389 g/mol. The largest absolute Gasteiger partial charge is 0.369 e. The number of nitrogens with one attached hydrogen (secondary N) is 1. The number of aryl methyl sites for hydroxylation is 1. The predicted molar refractivity (Wildman–Crippen MR) is 98.6 cm³/mol. The fraction of sp³-hybridized carbons (Fsp3) is 0.167. The van der Waals surface area contributed by atoms with Crippen molar-refractivity contribution in [2.75, 3.05) is 11.9 Å². The second-order valence-electron chi connectivity index (χ2n) is 5.68. The van der Waals surface area contributed by atoms with E-state index in [2.05, 4.69) is 34.2 Å². The molecule has 1 aromatic heterocycles. The van der Waals surface area contributed by atoms with Gasteiger partial charge in [-0.15, -0.1) is 0 Å². The highest BCUT2D eigenvalue weighted by Crippen LogP contribution is 2.38. The van der Waals surface area contributed by atoms with Crippen LogP contribution in [-0.2, 0) is 6.42 Å². The molecule has 0 unspecified atom stereocenters. The monoisotopic (exact) mass is 387 g/mol. The van der Waals surface area contributed by atoms with Gasteiger partial charge in [0.1, 0.15) is 5.82 Å². The van der Waals surface area contributed by atoms with Crippen LogP contribution >= 0.6 is 27.5 Å². The molecule has 2 heterocycles. The maximum Gasteiger partial charge on any atom is 0.133 e. The van der Waals surface area contributed by atoms with E-state index < -0.39 is 0 Å². The molecule has 0 bridgehead atoms. The van der Waals surface area contributed by atoms with E-state index in [1.54, 1.807) is 0 Å². The van der Waals surface area contributed by atoms with E-state index in [9.17, 15) is 0 Å². The quantitative estimate of drug-likeness (QED) is 0.651. The van der Waals surface area contributed by atoms with Gasteiger partial charge in [0.05, 0.1) is 11.4 Å². The van der Waals surface area contributed by atoms with Crippen molar-refractivity contribution in [3.63, 3.8) is 0 Å². The molecule has 3 aromatic rings. The van der Waals surface area contributed by atoms with Crippen molar-refractivity contribution in [3.05, 3.63) is 63.1 Å². The summed E-state index contributed by atoms with van der Waals surface area (Å²) in [6.45, 7) is 3.01. The van der Waals surface area contributed by atoms with Crippen LogP contribution < -0.4 is 5.32 Å². The molecule has 2 aromatic carbocycles. The minimum atomic E-state index is 0.718. The molecule has 1 aliphatic heterocycles. The van der Waals surface area contributed by atoms with Gasteiger partial charge in [0.15, 0.2) is 0 Å². The molecule has 116 valence electrons. The number of anilines is 1. The zero-order valence-electron chi connectivity index (χ0n) is 12.6. The summed E-state index contributed by atoms with van der Waals surface area (Å²) in [5, 5.41) is 9.08. The summed E-state index contributed by atoms with van der Waals surface area (Å²) in [6.07, 6.45) is 0.978. The minimum absolute atomic E-state index is 0.718. The van der Waals surface area contributed by atoms with Crippen molar-refractivity contribution >= 4 is 33.3 Å². The number of fused-ring (bicyclic) bond motifs is 1. The Morgan fingerprint density at radius 1 is 1.22 bits per heavy atom. The highest BCUT2D eigenvalue weighted by molar-refractivity contribution is 9.10. The Bertz CT molecular complexity index is 901. The molecule has 0 radical (unpaired) electrons. The topological polar surface area (TPSA) is 29.9 Å². The summed E-state index contributed by atoms with van der Waals surface area (Å²) in [4.78, 5) is 0. The summed E-state index contributed by atoms with van der Waals surface area (Å²) < 4.78 is 3.04. The van der Waals surface area contributed by atoms with Crippen LogP contribution in [0.25, 0.3) is 16.9 Å². The van der Waals surface area contributed by atoms with Gasteiger partial charge in [-0.2, -0.15) is 5.10 Å². The van der Waals surface area contributed by atoms with Gasteiger partial charge in [-0.25, -0.2) is 4.68 Å². The van der Waals surface area contributed by atoms with E-state index in [1.165, 1.54) is 5.56 Å². The molecule has 0 spiro atoms. The van der Waals surface area contributed by atoms with E-state index >= 15 is 0 Å². The van der Waals surface area contributed by atoms with E-state index in [0.29, 0.717) is 0 Å². The van der Waals surface area contributed by atoms with Gasteiger partial charge in [0.25, 0.3) is 0 Å². The number of halogens is 2. The number of hydrogen-bond acceptors (Lipinski definition) is 2. The van der Waals surface area contributed by atoms with E-state index in [-0.39, 0.29) is 0 Å². The number of nitrogens with zero attached hydrogens (tertiary/aromatic N) is 2. The molecule has 5 heteroatoms. The zero-order valence-corrected chi connectivity index (χ0v) is 14.9. The van der Waals surface area contributed by atoms with Crippen LogP contribution in [0.3, 0.4) is 0 Å². The first-order valence-electron chi connectivity index (χ1n) is 7.52. The molecule has 0 fully saturated rings. The average Bonchev–Trinajstić information content (AvgIpc) is 3.13. The fourth-order valence-corrected chi connectivity index (χ4v) is 3.67. The summed E-state index contributed by atoms with van der Waals surface area (Å²) >= 11 is 9.84. The highest BCUT2D eigenvalue weighted by Gasteiger charge is 2.25. The van der Waals surface area contributed by atoms with Crippen LogP contribution in [0, 0.1) is 6.92 Å². The number of hydrogen-bond donors (Lipinski definition) is 1. The van der Waals surface area contributed by atoms with Crippen LogP contribution in [0.1, 0.15) is 11.1 Å². The van der Waals surface area contributed by atoms with Crippen molar-refractivity contribution < 1.29 is 0 Å². The van der Waals surface area contributed by atoms with Gasteiger partial charge in [-0.05, 0) is 37.1 Å². The van der Waals surface area contributed by atoms with Crippen molar-refractivity contribution in [1.82, 2.24) is 9.78 Å². The van der Waals surface area contributed by atoms with Crippen molar-refractivity contribution in [3.8, 4) is 16.9 Å². The number of aromatic nitrogens is 2. The molecule has 0 amide bonds. The van der Waals surface area contributed by atoms with E-state index in [4.69, 9.17) is 16.7 Å². The normalized spacial score (nSPS) is 13.0. The molecule has 3 nitrogen and oxygen atoms in total. The molecule has 1 N–H and O–H groups in total. The summed E-state index contributed by atoms with van der Waals surface area (Å²) in [5.41, 5.74) is 5.56. The van der Waals surface area contributed by atoms with Crippen LogP contribution in [0.2, 0.25) is 5.02 Å². The van der Waals surface area contributed by atoms with Gasteiger partial charge < -0.3 is 5.32 Å². The third-order valence-electron chi connectivity index (χ3n) is 4.18. The van der Waals surface area contributed by atoms with Crippen LogP contribution in [-0.4, -0.2) is 16.3 Å². The van der Waals surface area contributed by atoms with E-state index in [0.717, 1.165) is 50.8 Å². The van der Waals surface area contributed by atoms with Crippen LogP contribution in [0.15, 0.2) is 46.9 Å². The first-order valence-corrected chi connectivity index (χ1v) is 8.69. The molecule has 4 rings (SSSR count). The van der Waals surface area contributed by atoms with Crippen LogP contribution in [0.4, 0.5) is 5.82 Å². The van der Waals surface area contributed by atoms with Gasteiger partial charge in [-0.1, -0.05) is 51.8 Å². The molecule has 0 aliphatic carbocycles. The molecule has 0 saturated carbocycles. The first-order chi connectivity index (χ1) is 11.1. The maximum atomic E-state index is 6.20. The lowest BCUT2D eigenvalue weighted by molar-refractivity contribution is 0.875. The SMILES string of the molecule is Cc1ccc(Cl)cc1-n1nc(-c2ccccc2Br)c2c1NCC2. The Balaban J connectivity index is 1.96. The fourth-order valence-electron chi connectivity index (χ4n) is 3.03. The zero-order chi connectivity index (χ0) is 16.0. The molecule has 0 atom stereocenters. The van der Waals surface area contributed by atoms with Gasteiger partial charge in [-0.3, -0.25) is 0 Å². The van der Waals surface area contributed by atoms with Gasteiger partial charge in [0, 0.05) is 27.2 Å². The third-order valence-corrected chi connectivity index (χ3v) is 5.11. The third kappa shape index (κ3) is 2.46. The van der Waals surface area contributed by atoms with Gasteiger partial charge in [0.2, 0.25) is 0 Å². The molecule has 23 heavy (non-hydrogen) atoms. The number of rotatable bonds is 2. The van der Waals surface area contributed by atoms with E-state index in [1.807, 2.05) is 41.1 Å². The first kappa shape index (κ1) is 14.8. The second-order valence-corrected chi connectivity index (χ2v) is 6.97. The standard InChI is InChI=1S/C18H15BrClN3/c1-11-6-7-12(20)10-16(11)23-18-14(8-9-21-18)17(22-23)13-4-2-3-5-15(13)19/h2-7,10,21H,8-9H2,1H3. The Hall–Kier alpha value is -1.78. The molecular weight excluding hydrogens is 374 g/mol. The lowest BCUT2D eigenvalue weighted by Crippen LogP contribution is -2.05. The highest BCUT2D eigenvalue weighted by atomic mass is 79.9. The summed E-state index contributed by atoms with van der Waals surface area (Å²) in [7, 11) is 0. The van der Waals surface area contributed by atoms with Crippen LogP contribution in [0.5, 0.6) is 0 Å². The van der Waals surface area contributed by atoms with Crippen molar-refractivity contribution in [2.24, 2.45) is 0 Å². The molecular formula is C18H15BrClN3. The minimum Gasteiger partial charge on any atom is -0.369 e. The Kier molecular flexibility index (Phi) is 3.66. The summed E-state index contributed by atoms with van der Waals surface area (Å²) in [5.74, 6) is 1.07. The molecule has 0 saturated heterocycles. The summed E-state index contributed by atoms with van der Waals surface area (Å²) in [6, 6.07) is 14.1. The molecule has 1 aliphatic rings. The number of benzene rings is 2. The Morgan fingerprint density at radius 3 is 2.87 bits per heavy atom. The Morgan fingerprint density at radius 2 is 2.04 bits per heavy atom. The van der Waals surface area contributed by atoms with Crippen molar-refractivity contribution in [2.45, 2.75) is 13.3 Å². The lowest BCUT2D eigenvalue weighted by atomic mass is 10.1. The van der Waals surface area contributed by atoms with Crippen molar-refractivity contribution in [1.29, 1.82) is 0 Å².